The van der Waals surface area contributed by atoms with Gasteiger partial charge in [0.25, 0.3) is 0 Å². The molecule has 0 saturated carbocycles. The number of nitrogens with two attached hydrogens (primary N) is 1. The van der Waals surface area contributed by atoms with Gasteiger partial charge in [0.1, 0.15) is 18.0 Å². The first-order chi connectivity index (χ1) is 9.20. The van der Waals surface area contributed by atoms with Gasteiger partial charge in [-0.25, -0.2) is 9.97 Å². The first-order valence-corrected chi connectivity index (χ1v) is 7.26. The summed E-state index contributed by atoms with van der Waals surface area (Å²) in [6, 6.07) is 2.96. The van der Waals surface area contributed by atoms with E-state index in [0.717, 1.165) is 31.1 Å². The van der Waals surface area contributed by atoms with Crippen LogP contribution >= 0.6 is 0 Å². The van der Waals surface area contributed by atoms with Gasteiger partial charge in [-0.3, -0.25) is 0 Å². The lowest BCUT2D eigenvalue weighted by atomic mass is 9.99. The predicted octanol–water partition coefficient (Wildman–Crippen LogP) is 2.00. The predicted molar refractivity (Wildman–Crippen MR) is 79.4 cm³/mol. The highest BCUT2D eigenvalue weighted by Gasteiger charge is 2.23. The molecular formula is C14H25N5. The standard InChI is InChI=1S/C14H25N5/c1-11(2)18-13-9-14(17-10-16-13)19-8-4-3-5-12(19)6-7-15/h9-12H,3-8,15H2,1-2H3,(H,16,17,18). The third-order valence-electron chi connectivity index (χ3n) is 3.51. The monoisotopic (exact) mass is 263 g/mol. The molecule has 1 aliphatic heterocycles. The third kappa shape index (κ3) is 3.80. The second-order valence-electron chi connectivity index (χ2n) is 5.48. The normalized spacial score (nSPS) is 19.8. The van der Waals surface area contributed by atoms with Gasteiger partial charge in [0.15, 0.2) is 0 Å². The van der Waals surface area contributed by atoms with Crippen molar-refractivity contribution in [3.05, 3.63) is 12.4 Å². The highest BCUT2D eigenvalue weighted by atomic mass is 15.2. The molecule has 1 aromatic rings. The Hall–Kier alpha value is -1.36. The molecule has 106 valence electrons. The molecule has 1 atom stereocenters. The molecular weight excluding hydrogens is 238 g/mol. The Morgan fingerprint density at radius 3 is 3.00 bits per heavy atom. The van der Waals surface area contributed by atoms with E-state index in [9.17, 15) is 0 Å². The molecule has 1 aliphatic rings. The second kappa shape index (κ2) is 6.70. The SMILES string of the molecule is CC(C)Nc1cc(N2CCCCC2CCN)ncn1. The number of anilines is 2. The molecule has 1 saturated heterocycles. The quantitative estimate of drug-likeness (QED) is 0.850. The van der Waals surface area contributed by atoms with E-state index in [-0.39, 0.29) is 0 Å². The van der Waals surface area contributed by atoms with Crippen LogP contribution in [0.3, 0.4) is 0 Å². The lowest BCUT2D eigenvalue weighted by Crippen LogP contribution is -2.41. The van der Waals surface area contributed by atoms with E-state index in [2.05, 4.69) is 40.1 Å². The van der Waals surface area contributed by atoms with Crippen molar-refractivity contribution in [2.24, 2.45) is 5.73 Å². The molecule has 3 N–H and O–H groups in total. The fourth-order valence-corrected chi connectivity index (χ4v) is 2.67. The topological polar surface area (TPSA) is 67.1 Å². The lowest BCUT2D eigenvalue weighted by molar-refractivity contribution is 0.438. The van der Waals surface area contributed by atoms with Crippen LogP contribution < -0.4 is 16.0 Å². The van der Waals surface area contributed by atoms with Crippen molar-refractivity contribution >= 4 is 11.6 Å². The number of aromatic nitrogens is 2. The lowest BCUT2D eigenvalue weighted by Gasteiger charge is -2.36. The Balaban J connectivity index is 2.14. The molecule has 0 amide bonds. The zero-order valence-electron chi connectivity index (χ0n) is 12.0. The molecule has 19 heavy (non-hydrogen) atoms. The second-order valence-corrected chi connectivity index (χ2v) is 5.48. The molecule has 1 fully saturated rings. The van der Waals surface area contributed by atoms with Crippen LogP contribution in [0.2, 0.25) is 0 Å². The molecule has 1 aromatic heterocycles. The fourth-order valence-electron chi connectivity index (χ4n) is 2.67. The zero-order valence-corrected chi connectivity index (χ0v) is 12.0. The highest BCUT2D eigenvalue weighted by molar-refractivity contribution is 5.49. The van der Waals surface area contributed by atoms with Crippen LogP contribution in [-0.4, -0.2) is 35.1 Å². The number of rotatable bonds is 5. The minimum Gasteiger partial charge on any atom is -0.368 e. The van der Waals surface area contributed by atoms with Crippen LogP contribution in [0, 0.1) is 0 Å². The summed E-state index contributed by atoms with van der Waals surface area (Å²) < 4.78 is 0. The first kappa shape index (κ1) is 14.1. The average Bonchev–Trinajstić information content (AvgIpc) is 2.39. The fraction of sp³-hybridized carbons (Fsp3) is 0.714. The largest absolute Gasteiger partial charge is 0.368 e. The molecule has 0 aliphatic carbocycles. The summed E-state index contributed by atoms with van der Waals surface area (Å²) in [5.41, 5.74) is 5.72. The molecule has 1 unspecified atom stereocenters. The van der Waals surface area contributed by atoms with Gasteiger partial charge in [-0.05, 0) is 46.1 Å². The van der Waals surface area contributed by atoms with Gasteiger partial charge < -0.3 is 16.0 Å². The maximum atomic E-state index is 5.72. The summed E-state index contributed by atoms with van der Waals surface area (Å²) in [5.74, 6) is 1.92. The Labute approximate surface area is 115 Å². The zero-order chi connectivity index (χ0) is 13.7. The van der Waals surface area contributed by atoms with E-state index in [1.165, 1.54) is 19.3 Å². The Kier molecular flexibility index (Phi) is 4.96. The van der Waals surface area contributed by atoms with E-state index in [1.54, 1.807) is 6.33 Å². The van der Waals surface area contributed by atoms with Crippen molar-refractivity contribution in [1.29, 1.82) is 0 Å². The van der Waals surface area contributed by atoms with Crippen molar-refractivity contribution in [1.82, 2.24) is 9.97 Å². The molecule has 0 bridgehead atoms. The van der Waals surface area contributed by atoms with Crippen LogP contribution in [0.25, 0.3) is 0 Å². The Morgan fingerprint density at radius 2 is 2.26 bits per heavy atom. The van der Waals surface area contributed by atoms with Gasteiger partial charge in [0.2, 0.25) is 0 Å². The van der Waals surface area contributed by atoms with E-state index in [4.69, 9.17) is 5.73 Å². The van der Waals surface area contributed by atoms with Crippen LogP contribution in [0.1, 0.15) is 39.5 Å². The van der Waals surface area contributed by atoms with Gasteiger partial charge >= 0.3 is 0 Å². The van der Waals surface area contributed by atoms with Crippen molar-refractivity contribution in [3.8, 4) is 0 Å². The number of piperidine rings is 1. The van der Waals surface area contributed by atoms with Crippen LogP contribution in [0.5, 0.6) is 0 Å². The average molecular weight is 263 g/mol. The van der Waals surface area contributed by atoms with Gasteiger partial charge in [-0.2, -0.15) is 0 Å². The summed E-state index contributed by atoms with van der Waals surface area (Å²) in [6.07, 6.45) is 6.43. The number of nitrogens with one attached hydrogen (secondary N) is 1. The summed E-state index contributed by atoms with van der Waals surface area (Å²) in [4.78, 5) is 11.1. The molecule has 0 spiro atoms. The maximum absolute atomic E-state index is 5.72. The summed E-state index contributed by atoms with van der Waals surface area (Å²) in [6.45, 7) is 6.03. The molecule has 5 heteroatoms. The summed E-state index contributed by atoms with van der Waals surface area (Å²) >= 11 is 0. The summed E-state index contributed by atoms with van der Waals surface area (Å²) in [7, 11) is 0. The van der Waals surface area contributed by atoms with Gasteiger partial charge in [-0.1, -0.05) is 0 Å². The minimum absolute atomic E-state index is 0.379. The summed E-state index contributed by atoms with van der Waals surface area (Å²) in [5, 5.41) is 3.33. The molecule has 2 rings (SSSR count). The van der Waals surface area contributed by atoms with Crippen molar-refractivity contribution < 1.29 is 0 Å². The molecule has 2 heterocycles. The number of hydrogen-bond acceptors (Lipinski definition) is 5. The van der Waals surface area contributed by atoms with Crippen molar-refractivity contribution in [2.45, 2.75) is 51.6 Å². The third-order valence-corrected chi connectivity index (χ3v) is 3.51. The van der Waals surface area contributed by atoms with Gasteiger partial charge in [0.05, 0.1) is 0 Å². The Morgan fingerprint density at radius 1 is 1.42 bits per heavy atom. The highest BCUT2D eigenvalue weighted by Crippen LogP contribution is 2.25. The van der Waals surface area contributed by atoms with E-state index in [1.807, 2.05) is 0 Å². The van der Waals surface area contributed by atoms with Gasteiger partial charge in [-0.15, -0.1) is 0 Å². The Bertz CT molecular complexity index is 391. The number of hydrogen-bond donors (Lipinski definition) is 2. The van der Waals surface area contributed by atoms with Crippen molar-refractivity contribution in [2.75, 3.05) is 23.3 Å². The molecule has 0 radical (unpaired) electrons. The van der Waals surface area contributed by atoms with Gasteiger partial charge in [0, 0.05) is 24.7 Å². The smallest absolute Gasteiger partial charge is 0.134 e. The number of nitrogens with zero attached hydrogens (tertiary/aromatic N) is 3. The molecule has 5 nitrogen and oxygen atoms in total. The van der Waals surface area contributed by atoms with Crippen LogP contribution in [0.4, 0.5) is 11.6 Å². The van der Waals surface area contributed by atoms with E-state index in [0.29, 0.717) is 12.1 Å². The van der Waals surface area contributed by atoms with E-state index < -0.39 is 0 Å². The van der Waals surface area contributed by atoms with Crippen molar-refractivity contribution in [3.63, 3.8) is 0 Å². The van der Waals surface area contributed by atoms with Crippen LogP contribution in [-0.2, 0) is 0 Å². The van der Waals surface area contributed by atoms with Crippen LogP contribution in [0.15, 0.2) is 12.4 Å². The minimum atomic E-state index is 0.379. The first-order valence-electron chi connectivity index (χ1n) is 7.26. The maximum Gasteiger partial charge on any atom is 0.134 e. The van der Waals surface area contributed by atoms with E-state index >= 15 is 0 Å². The molecule has 0 aromatic carbocycles.